The molecule has 0 bridgehead atoms. The van der Waals surface area contributed by atoms with Gasteiger partial charge in [-0.25, -0.2) is 0 Å². The Morgan fingerprint density at radius 2 is 2.11 bits per heavy atom. The monoisotopic (exact) mass is 375 g/mol. The number of allylic oxidation sites excluding steroid dienone is 1. The molecule has 2 aromatic carbocycles. The number of amides is 1. The van der Waals surface area contributed by atoms with Crippen LogP contribution in [0.25, 0.3) is 5.57 Å². The molecule has 0 fully saturated rings. The van der Waals surface area contributed by atoms with Crippen molar-refractivity contribution in [1.82, 2.24) is 5.32 Å². The number of para-hydroxylation sites is 1. The molecule has 28 heavy (non-hydrogen) atoms. The minimum Gasteiger partial charge on any atom is -0.393 e. The van der Waals surface area contributed by atoms with Gasteiger partial charge in [0.25, 0.3) is 0 Å². The third-order valence-corrected chi connectivity index (χ3v) is 5.25. The van der Waals surface area contributed by atoms with Crippen LogP contribution in [0.4, 0.5) is 22.7 Å². The molecule has 0 unspecified atom stereocenters. The predicted molar refractivity (Wildman–Crippen MR) is 116 cm³/mol. The Morgan fingerprint density at radius 1 is 1.21 bits per heavy atom. The first-order chi connectivity index (χ1) is 13.7. The van der Waals surface area contributed by atoms with Crippen LogP contribution in [-0.2, 0) is 11.2 Å². The van der Waals surface area contributed by atoms with E-state index in [1.165, 1.54) is 17.5 Å². The number of benzene rings is 2. The van der Waals surface area contributed by atoms with Gasteiger partial charge in [-0.1, -0.05) is 12.1 Å². The van der Waals surface area contributed by atoms with Crippen LogP contribution in [0.15, 0.2) is 42.6 Å². The zero-order valence-corrected chi connectivity index (χ0v) is 16.0. The summed E-state index contributed by atoms with van der Waals surface area (Å²) in [7, 11) is 1.84. The van der Waals surface area contributed by atoms with Gasteiger partial charge in [-0.2, -0.15) is 0 Å². The van der Waals surface area contributed by atoms with E-state index in [1.54, 1.807) is 0 Å². The molecule has 0 radical (unpaired) electrons. The summed E-state index contributed by atoms with van der Waals surface area (Å²) in [5.41, 5.74) is 7.29. The van der Waals surface area contributed by atoms with Gasteiger partial charge in [-0.15, -0.1) is 0 Å². The minimum absolute atomic E-state index is 0.0441. The number of hydrogen-bond donors (Lipinski definition) is 4. The number of nitrogens with one attached hydrogen (secondary N) is 4. The lowest BCUT2D eigenvalue weighted by molar-refractivity contribution is -0.115. The van der Waals surface area contributed by atoms with Crippen molar-refractivity contribution in [2.75, 3.05) is 35.7 Å². The van der Waals surface area contributed by atoms with E-state index in [4.69, 9.17) is 5.41 Å². The van der Waals surface area contributed by atoms with Gasteiger partial charge in [-0.05, 0) is 48.2 Å². The fourth-order valence-corrected chi connectivity index (χ4v) is 3.96. The number of aryl methyl sites for hydroxylation is 1. The summed E-state index contributed by atoms with van der Waals surface area (Å²) in [5, 5.41) is 17.1. The number of carbonyl (C=O) groups excluding carboxylic acids is 1. The Hall–Kier alpha value is -3.28. The van der Waals surface area contributed by atoms with Crippen molar-refractivity contribution in [3.05, 3.63) is 53.7 Å². The molecule has 0 saturated heterocycles. The molecule has 0 saturated carbocycles. The molecule has 4 N–H and O–H groups in total. The highest BCUT2D eigenvalue weighted by Gasteiger charge is 2.24. The summed E-state index contributed by atoms with van der Waals surface area (Å²) >= 11 is 0. The molecule has 2 aromatic rings. The first kappa shape index (κ1) is 18.1. The van der Waals surface area contributed by atoms with Gasteiger partial charge in [0.15, 0.2) is 0 Å². The molecule has 0 spiro atoms. The van der Waals surface area contributed by atoms with Gasteiger partial charge >= 0.3 is 0 Å². The average Bonchev–Trinajstić information content (AvgIpc) is 2.91. The Labute approximate surface area is 165 Å². The maximum atomic E-state index is 11.9. The fraction of sp³-hybridized carbons (Fsp3) is 0.273. The summed E-state index contributed by atoms with van der Waals surface area (Å²) in [5.74, 6) is 0.0441. The molecule has 2 aliphatic rings. The summed E-state index contributed by atoms with van der Waals surface area (Å²) in [6.45, 7) is 1.56. The first-order valence-corrected chi connectivity index (χ1v) is 9.66. The van der Waals surface area contributed by atoms with E-state index in [1.807, 2.05) is 25.4 Å². The number of fused-ring (bicyclic) bond motifs is 2. The predicted octanol–water partition coefficient (Wildman–Crippen LogP) is 3.73. The van der Waals surface area contributed by atoms with Crippen LogP contribution in [0.3, 0.4) is 0 Å². The van der Waals surface area contributed by atoms with E-state index in [0.29, 0.717) is 13.0 Å². The van der Waals surface area contributed by atoms with Crippen molar-refractivity contribution in [2.24, 2.45) is 0 Å². The zero-order valence-electron chi connectivity index (χ0n) is 16.0. The summed E-state index contributed by atoms with van der Waals surface area (Å²) in [6, 6.07) is 12.4. The number of hydrogen-bond acceptors (Lipinski definition) is 5. The molecule has 6 heteroatoms. The molecule has 144 valence electrons. The van der Waals surface area contributed by atoms with E-state index >= 15 is 0 Å². The largest absolute Gasteiger partial charge is 0.393 e. The Kier molecular flexibility index (Phi) is 5.02. The second-order valence-electron chi connectivity index (χ2n) is 7.06. The van der Waals surface area contributed by atoms with Crippen LogP contribution in [0.5, 0.6) is 0 Å². The molecule has 2 heterocycles. The molecule has 1 amide bonds. The number of nitrogens with zero attached hydrogens (tertiary/aromatic N) is 1. The lowest BCUT2D eigenvalue weighted by Gasteiger charge is -2.33. The molecular formula is C22H25N5O. The topological polar surface area (TPSA) is 80.2 Å². The first-order valence-electron chi connectivity index (χ1n) is 9.66. The van der Waals surface area contributed by atoms with Crippen molar-refractivity contribution in [2.45, 2.75) is 19.3 Å². The number of anilines is 4. The summed E-state index contributed by atoms with van der Waals surface area (Å²) in [6.07, 6.45) is 5.77. The third kappa shape index (κ3) is 3.33. The van der Waals surface area contributed by atoms with Gasteiger partial charge in [0, 0.05) is 50.2 Å². The quantitative estimate of drug-likeness (QED) is 0.614. The Bertz CT molecular complexity index is 950. The van der Waals surface area contributed by atoms with Crippen LogP contribution >= 0.6 is 0 Å². The van der Waals surface area contributed by atoms with Crippen LogP contribution in [0, 0.1) is 5.41 Å². The van der Waals surface area contributed by atoms with E-state index in [2.05, 4.69) is 45.1 Å². The van der Waals surface area contributed by atoms with E-state index < -0.39 is 0 Å². The standard InChI is InChI=1S/C22H25N5O/c1-24-14-17(13-23)15-7-8-19-16(12-15)4-3-11-27(19)20-6-2-5-18-22(20)25-10-9-21(28)26-18/h2,5-8,12-14,23-25H,3-4,9-11H2,1H3,(H,26,28)/b17-14+,23-13?. The van der Waals surface area contributed by atoms with Crippen LogP contribution in [0.2, 0.25) is 0 Å². The average molecular weight is 375 g/mol. The normalized spacial score (nSPS) is 16.2. The second kappa shape index (κ2) is 7.76. The van der Waals surface area contributed by atoms with Crippen molar-refractivity contribution in [3.8, 4) is 0 Å². The second-order valence-corrected chi connectivity index (χ2v) is 7.06. The van der Waals surface area contributed by atoms with Gasteiger partial charge < -0.3 is 26.3 Å². The van der Waals surface area contributed by atoms with Crippen molar-refractivity contribution in [3.63, 3.8) is 0 Å². The lowest BCUT2D eigenvalue weighted by Crippen LogP contribution is -2.25. The van der Waals surface area contributed by atoms with Crippen molar-refractivity contribution >= 4 is 40.4 Å². The van der Waals surface area contributed by atoms with E-state index in [-0.39, 0.29) is 5.91 Å². The number of carbonyl (C=O) groups is 1. The van der Waals surface area contributed by atoms with E-state index in [0.717, 1.165) is 47.6 Å². The highest BCUT2D eigenvalue weighted by atomic mass is 16.1. The SMILES string of the molecule is CN/C=C(\C=N)c1ccc2c(c1)CCCN2c1cccc2c1NCCC(=O)N2. The maximum Gasteiger partial charge on any atom is 0.226 e. The van der Waals surface area contributed by atoms with Gasteiger partial charge in [0.2, 0.25) is 5.91 Å². The maximum absolute atomic E-state index is 11.9. The summed E-state index contributed by atoms with van der Waals surface area (Å²) in [4.78, 5) is 14.3. The molecule has 0 atom stereocenters. The van der Waals surface area contributed by atoms with Gasteiger partial charge in [0.1, 0.15) is 0 Å². The highest BCUT2D eigenvalue weighted by Crippen LogP contribution is 2.41. The lowest BCUT2D eigenvalue weighted by atomic mass is 9.96. The zero-order chi connectivity index (χ0) is 19.5. The Balaban J connectivity index is 1.75. The minimum atomic E-state index is 0.0441. The molecule has 0 aliphatic carbocycles. The van der Waals surface area contributed by atoms with E-state index in [9.17, 15) is 4.79 Å². The Morgan fingerprint density at radius 3 is 2.93 bits per heavy atom. The molecule has 2 aliphatic heterocycles. The van der Waals surface area contributed by atoms with Crippen LogP contribution in [-0.4, -0.2) is 32.3 Å². The molecule has 6 nitrogen and oxygen atoms in total. The van der Waals surface area contributed by atoms with Crippen molar-refractivity contribution in [1.29, 1.82) is 5.41 Å². The number of rotatable bonds is 4. The molecule has 0 aromatic heterocycles. The van der Waals surface area contributed by atoms with Gasteiger partial charge in [-0.3, -0.25) is 4.79 Å². The smallest absolute Gasteiger partial charge is 0.226 e. The van der Waals surface area contributed by atoms with Crippen LogP contribution < -0.4 is 20.9 Å². The molecule has 4 rings (SSSR count). The van der Waals surface area contributed by atoms with Crippen molar-refractivity contribution < 1.29 is 4.79 Å². The third-order valence-electron chi connectivity index (χ3n) is 5.25. The van der Waals surface area contributed by atoms with Gasteiger partial charge in [0.05, 0.1) is 17.1 Å². The van der Waals surface area contributed by atoms with Crippen LogP contribution in [0.1, 0.15) is 24.0 Å². The molecular weight excluding hydrogens is 350 g/mol. The fourth-order valence-electron chi connectivity index (χ4n) is 3.96. The summed E-state index contributed by atoms with van der Waals surface area (Å²) < 4.78 is 0. The highest BCUT2D eigenvalue weighted by molar-refractivity contribution is 6.08.